The molecule has 0 aromatic heterocycles. The molecule has 25 heavy (non-hydrogen) atoms. The van der Waals surface area contributed by atoms with Gasteiger partial charge in [0.15, 0.2) is 5.75 Å². The second-order valence-corrected chi connectivity index (χ2v) is 8.33. The van der Waals surface area contributed by atoms with Gasteiger partial charge >= 0.3 is 0 Å². The summed E-state index contributed by atoms with van der Waals surface area (Å²) in [4.78, 5) is 12.6. The molecular formula is C18H20N2O4S. The van der Waals surface area contributed by atoms with Gasteiger partial charge in [0.1, 0.15) is 5.75 Å². The molecule has 1 N–H and O–H groups in total. The van der Waals surface area contributed by atoms with E-state index in [4.69, 9.17) is 4.74 Å². The number of nitrogens with one attached hydrogen (secondary N) is 1. The number of amides is 1. The first kappa shape index (κ1) is 17.4. The average molecular weight is 360 g/mol. The Morgan fingerprint density at radius 3 is 2.48 bits per heavy atom. The Kier molecular flexibility index (Phi) is 4.30. The third-order valence-corrected chi connectivity index (χ3v) is 6.23. The van der Waals surface area contributed by atoms with Crippen molar-refractivity contribution in [2.45, 2.75) is 31.7 Å². The van der Waals surface area contributed by atoms with Crippen molar-refractivity contribution >= 4 is 21.6 Å². The molecule has 3 rings (SSSR count). The van der Waals surface area contributed by atoms with Gasteiger partial charge in [-0.3, -0.25) is 4.79 Å². The average Bonchev–Trinajstić information content (AvgIpc) is 2.69. The van der Waals surface area contributed by atoms with Crippen LogP contribution in [0, 0.1) is 6.92 Å². The first-order valence-electron chi connectivity index (χ1n) is 7.92. The maximum absolute atomic E-state index is 12.7. The van der Waals surface area contributed by atoms with E-state index in [9.17, 15) is 13.2 Å². The number of fused-ring (bicyclic) bond motifs is 2. The summed E-state index contributed by atoms with van der Waals surface area (Å²) in [5.41, 5.74) is 1.73. The topological polar surface area (TPSA) is 75.7 Å². The third-order valence-electron chi connectivity index (χ3n) is 4.21. The van der Waals surface area contributed by atoms with Gasteiger partial charge in [-0.1, -0.05) is 6.07 Å². The quantitative estimate of drug-likeness (QED) is 0.910. The number of sulfonamides is 1. The standard InChI is InChI=1S/C18H20N2O4S/c1-11(2)20(4)25(22,23)13-6-8-16-14(10-13)18(21)19-15-7-5-12(3)9-17(15)24-16/h5-11H,1-4H3,(H,19,21). The molecule has 6 nitrogen and oxygen atoms in total. The van der Waals surface area contributed by atoms with Gasteiger partial charge in [-0.05, 0) is 56.7 Å². The molecule has 1 heterocycles. The molecule has 0 atom stereocenters. The molecule has 1 amide bonds. The van der Waals surface area contributed by atoms with Gasteiger partial charge in [0.2, 0.25) is 10.0 Å². The number of benzene rings is 2. The summed E-state index contributed by atoms with van der Waals surface area (Å²) in [5.74, 6) is 0.455. The summed E-state index contributed by atoms with van der Waals surface area (Å²) < 4.78 is 32.4. The van der Waals surface area contributed by atoms with E-state index in [2.05, 4.69) is 5.32 Å². The van der Waals surface area contributed by atoms with Gasteiger partial charge in [-0.2, -0.15) is 4.31 Å². The van der Waals surface area contributed by atoms with Gasteiger partial charge in [-0.15, -0.1) is 0 Å². The molecule has 0 radical (unpaired) electrons. The molecule has 0 spiro atoms. The lowest BCUT2D eigenvalue weighted by Crippen LogP contribution is -2.33. The first-order valence-corrected chi connectivity index (χ1v) is 9.36. The molecule has 0 bridgehead atoms. The molecule has 0 unspecified atom stereocenters. The minimum absolute atomic E-state index is 0.0586. The van der Waals surface area contributed by atoms with Crippen LogP contribution < -0.4 is 10.1 Å². The molecule has 2 aromatic carbocycles. The zero-order valence-electron chi connectivity index (χ0n) is 14.5. The van der Waals surface area contributed by atoms with Crippen LogP contribution in [0.5, 0.6) is 11.5 Å². The van der Waals surface area contributed by atoms with E-state index in [0.29, 0.717) is 17.2 Å². The van der Waals surface area contributed by atoms with E-state index in [1.807, 2.05) is 19.1 Å². The number of rotatable bonds is 3. The molecule has 0 fully saturated rings. The van der Waals surface area contributed by atoms with E-state index < -0.39 is 15.9 Å². The van der Waals surface area contributed by atoms with Crippen molar-refractivity contribution in [2.75, 3.05) is 12.4 Å². The van der Waals surface area contributed by atoms with Gasteiger partial charge in [0, 0.05) is 13.1 Å². The first-order chi connectivity index (χ1) is 11.7. The lowest BCUT2D eigenvalue weighted by molar-refractivity contribution is 0.102. The van der Waals surface area contributed by atoms with Crippen LogP contribution in [0.25, 0.3) is 0 Å². The fourth-order valence-electron chi connectivity index (χ4n) is 2.51. The monoisotopic (exact) mass is 360 g/mol. The van der Waals surface area contributed by atoms with Crippen LogP contribution in [0.2, 0.25) is 0 Å². The second-order valence-electron chi connectivity index (χ2n) is 6.33. The van der Waals surface area contributed by atoms with E-state index >= 15 is 0 Å². The highest BCUT2D eigenvalue weighted by molar-refractivity contribution is 7.89. The maximum atomic E-state index is 12.7. The number of hydrogen-bond acceptors (Lipinski definition) is 4. The van der Waals surface area contributed by atoms with Crippen molar-refractivity contribution in [3.05, 3.63) is 47.5 Å². The van der Waals surface area contributed by atoms with Crippen molar-refractivity contribution < 1.29 is 17.9 Å². The van der Waals surface area contributed by atoms with Crippen molar-refractivity contribution in [3.8, 4) is 11.5 Å². The van der Waals surface area contributed by atoms with E-state index in [1.54, 1.807) is 19.9 Å². The Bertz CT molecular complexity index is 952. The zero-order valence-corrected chi connectivity index (χ0v) is 15.3. The van der Waals surface area contributed by atoms with Crippen LogP contribution in [-0.4, -0.2) is 31.7 Å². The van der Waals surface area contributed by atoms with Crippen LogP contribution in [0.1, 0.15) is 29.8 Å². The van der Waals surface area contributed by atoms with Crippen LogP contribution in [0.3, 0.4) is 0 Å². The summed E-state index contributed by atoms with van der Waals surface area (Å²) in [7, 11) is -2.17. The van der Waals surface area contributed by atoms with E-state index in [0.717, 1.165) is 5.56 Å². The Morgan fingerprint density at radius 2 is 1.80 bits per heavy atom. The molecule has 0 aliphatic carbocycles. The second kappa shape index (κ2) is 6.16. The summed E-state index contributed by atoms with van der Waals surface area (Å²) in [6.45, 7) is 5.50. The normalized spacial score (nSPS) is 13.8. The number of nitrogens with zero attached hydrogens (tertiary/aromatic N) is 1. The molecular weight excluding hydrogens is 340 g/mol. The van der Waals surface area contributed by atoms with Crippen LogP contribution in [0.4, 0.5) is 5.69 Å². The van der Waals surface area contributed by atoms with Gasteiger partial charge in [0.25, 0.3) is 5.91 Å². The molecule has 7 heteroatoms. The largest absolute Gasteiger partial charge is 0.454 e. The number of carbonyl (C=O) groups is 1. The minimum atomic E-state index is -3.68. The van der Waals surface area contributed by atoms with Gasteiger partial charge in [0.05, 0.1) is 16.1 Å². The number of anilines is 1. The number of aryl methyl sites for hydroxylation is 1. The summed E-state index contributed by atoms with van der Waals surface area (Å²) >= 11 is 0. The van der Waals surface area contributed by atoms with Gasteiger partial charge < -0.3 is 10.1 Å². The van der Waals surface area contributed by atoms with Gasteiger partial charge in [-0.25, -0.2) is 8.42 Å². The molecule has 1 aliphatic heterocycles. The SMILES string of the molecule is Cc1ccc2c(c1)Oc1ccc(S(=O)(=O)N(C)C(C)C)cc1C(=O)N2. The Hall–Kier alpha value is -2.38. The molecule has 132 valence electrons. The zero-order chi connectivity index (χ0) is 18.4. The predicted molar refractivity (Wildman–Crippen MR) is 95.7 cm³/mol. The molecule has 2 aromatic rings. The Balaban J connectivity index is 2.07. The lowest BCUT2D eigenvalue weighted by Gasteiger charge is -2.21. The van der Waals surface area contributed by atoms with E-state index in [-0.39, 0.29) is 16.5 Å². The van der Waals surface area contributed by atoms with Crippen LogP contribution in [-0.2, 0) is 10.0 Å². The highest BCUT2D eigenvalue weighted by Crippen LogP contribution is 2.37. The maximum Gasteiger partial charge on any atom is 0.259 e. The highest BCUT2D eigenvalue weighted by Gasteiger charge is 2.27. The number of hydrogen-bond donors (Lipinski definition) is 1. The highest BCUT2D eigenvalue weighted by atomic mass is 32.2. The smallest absolute Gasteiger partial charge is 0.259 e. The van der Waals surface area contributed by atoms with E-state index in [1.165, 1.54) is 29.6 Å². The number of carbonyl (C=O) groups excluding carboxylic acids is 1. The van der Waals surface area contributed by atoms with Crippen molar-refractivity contribution in [2.24, 2.45) is 0 Å². The summed E-state index contributed by atoms with van der Waals surface area (Å²) in [5, 5.41) is 2.76. The lowest BCUT2D eigenvalue weighted by atomic mass is 10.2. The summed E-state index contributed by atoms with van der Waals surface area (Å²) in [6.07, 6.45) is 0. The van der Waals surface area contributed by atoms with Crippen LogP contribution in [0.15, 0.2) is 41.3 Å². The number of ether oxygens (including phenoxy) is 1. The Labute approximate surface area is 147 Å². The van der Waals surface area contributed by atoms with Crippen molar-refractivity contribution in [1.29, 1.82) is 0 Å². The summed E-state index contributed by atoms with van der Waals surface area (Å²) in [6, 6.07) is 9.60. The fraction of sp³-hybridized carbons (Fsp3) is 0.278. The molecule has 0 saturated heterocycles. The third kappa shape index (κ3) is 3.12. The minimum Gasteiger partial charge on any atom is -0.454 e. The Morgan fingerprint density at radius 1 is 1.08 bits per heavy atom. The van der Waals surface area contributed by atoms with Crippen molar-refractivity contribution in [3.63, 3.8) is 0 Å². The predicted octanol–water partition coefficient (Wildman–Crippen LogP) is 3.38. The van der Waals surface area contributed by atoms with Crippen molar-refractivity contribution in [1.82, 2.24) is 4.31 Å². The molecule has 0 saturated carbocycles. The fourth-order valence-corrected chi connectivity index (χ4v) is 3.90. The van der Waals surface area contributed by atoms with Crippen LogP contribution >= 0.6 is 0 Å². The molecule has 1 aliphatic rings.